The number of rotatable bonds is 3. The summed E-state index contributed by atoms with van der Waals surface area (Å²) >= 11 is 0. The third-order valence-corrected chi connectivity index (χ3v) is 3.77. The SMILES string of the molecule is CC(C)(C)OC(=O)NC1CCCN(C(=O)Nc2ccc(OC(F)(F)F)cc2)C1. The molecule has 1 saturated heterocycles. The lowest BCUT2D eigenvalue weighted by molar-refractivity contribution is -0.274. The number of hydrogen-bond donors (Lipinski definition) is 2. The molecule has 1 unspecified atom stereocenters. The van der Waals surface area contributed by atoms with Gasteiger partial charge in [-0.3, -0.25) is 0 Å². The molecule has 2 N–H and O–H groups in total. The number of urea groups is 1. The van der Waals surface area contributed by atoms with E-state index in [0.29, 0.717) is 31.6 Å². The van der Waals surface area contributed by atoms with Gasteiger partial charge < -0.3 is 25.0 Å². The normalized spacial score (nSPS) is 17.6. The summed E-state index contributed by atoms with van der Waals surface area (Å²) in [6.45, 7) is 6.10. The fraction of sp³-hybridized carbons (Fsp3) is 0.556. The number of nitrogens with zero attached hydrogens (tertiary/aromatic N) is 1. The number of likely N-dealkylation sites (tertiary alicyclic amines) is 1. The summed E-state index contributed by atoms with van der Waals surface area (Å²) < 4.78 is 45.5. The molecule has 0 bridgehead atoms. The van der Waals surface area contributed by atoms with Gasteiger partial charge in [-0.15, -0.1) is 13.2 Å². The summed E-state index contributed by atoms with van der Waals surface area (Å²) in [6, 6.07) is 4.23. The van der Waals surface area contributed by atoms with Crippen molar-refractivity contribution in [2.75, 3.05) is 18.4 Å². The number of alkyl halides is 3. The number of halogens is 3. The third-order valence-electron chi connectivity index (χ3n) is 3.77. The fourth-order valence-electron chi connectivity index (χ4n) is 2.70. The maximum atomic E-state index is 12.4. The maximum absolute atomic E-state index is 12.4. The molecule has 156 valence electrons. The first-order valence-corrected chi connectivity index (χ1v) is 8.82. The summed E-state index contributed by atoms with van der Waals surface area (Å²) in [5, 5.41) is 5.37. The van der Waals surface area contributed by atoms with Crippen LogP contribution in [0, 0.1) is 0 Å². The highest BCUT2D eigenvalue weighted by Crippen LogP contribution is 2.24. The van der Waals surface area contributed by atoms with E-state index in [1.807, 2.05) is 0 Å². The Hall–Kier alpha value is -2.65. The minimum Gasteiger partial charge on any atom is -0.444 e. The molecule has 0 saturated carbocycles. The average Bonchev–Trinajstić information content (AvgIpc) is 2.53. The van der Waals surface area contributed by atoms with Gasteiger partial charge in [0.2, 0.25) is 0 Å². The quantitative estimate of drug-likeness (QED) is 0.796. The standard InChI is InChI=1S/C18H24F3N3O4/c1-17(2,3)28-16(26)23-13-5-4-10-24(11-13)15(25)22-12-6-8-14(9-7-12)27-18(19,20)21/h6-9,13H,4-5,10-11H2,1-3H3,(H,22,25)(H,23,26). The van der Waals surface area contributed by atoms with Crippen molar-refractivity contribution >= 4 is 17.8 Å². The van der Waals surface area contributed by atoms with Crippen molar-refractivity contribution in [2.45, 2.75) is 51.6 Å². The molecule has 10 heteroatoms. The number of ether oxygens (including phenoxy) is 2. The molecule has 1 aromatic carbocycles. The smallest absolute Gasteiger partial charge is 0.444 e. The van der Waals surface area contributed by atoms with E-state index in [4.69, 9.17) is 4.74 Å². The number of benzene rings is 1. The average molecular weight is 403 g/mol. The number of nitrogens with one attached hydrogen (secondary N) is 2. The van der Waals surface area contributed by atoms with Crippen molar-refractivity contribution in [3.63, 3.8) is 0 Å². The molecular formula is C18H24F3N3O4. The number of alkyl carbamates (subject to hydrolysis) is 1. The number of anilines is 1. The van der Waals surface area contributed by atoms with Gasteiger partial charge in [-0.25, -0.2) is 9.59 Å². The molecule has 1 aliphatic rings. The van der Waals surface area contributed by atoms with Crippen LogP contribution in [-0.4, -0.2) is 48.1 Å². The Kier molecular flexibility index (Phi) is 6.63. The third kappa shape index (κ3) is 7.53. The van der Waals surface area contributed by atoms with Crippen molar-refractivity contribution in [2.24, 2.45) is 0 Å². The Labute approximate surface area is 161 Å². The first-order valence-electron chi connectivity index (χ1n) is 8.82. The van der Waals surface area contributed by atoms with E-state index < -0.39 is 24.1 Å². The molecule has 3 amide bonds. The molecule has 1 fully saturated rings. The molecule has 0 radical (unpaired) electrons. The zero-order chi connectivity index (χ0) is 20.9. The molecule has 1 aliphatic heterocycles. The van der Waals surface area contributed by atoms with E-state index in [-0.39, 0.29) is 11.8 Å². The van der Waals surface area contributed by atoms with Crippen LogP contribution in [0.3, 0.4) is 0 Å². The van der Waals surface area contributed by atoms with E-state index in [1.165, 1.54) is 17.0 Å². The van der Waals surface area contributed by atoms with Gasteiger partial charge in [0.25, 0.3) is 0 Å². The molecule has 2 rings (SSSR count). The number of carbonyl (C=O) groups is 2. The van der Waals surface area contributed by atoms with Crippen molar-refractivity contribution in [1.29, 1.82) is 0 Å². The minimum absolute atomic E-state index is 0.239. The van der Waals surface area contributed by atoms with E-state index >= 15 is 0 Å². The van der Waals surface area contributed by atoms with Gasteiger partial charge in [-0.05, 0) is 57.9 Å². The van der Waals surface area contributed by atoms with Crippen LogP contribution in [0.4, 0.5) is 28.4 Å². The first kappa shape index (κ1) is 21.6. The summed E-state index contributed by atoms with van der Waals surface area (Å²) in [7, 11) is 0. The fourth-order valence-corrected chi connectivity index (χ4v) is 2.70. The predicted octanol–water partition coefficient (Wildman–Crippen LogP) is 4.11. The van der Waals surface area contributed by atoms with E-state index in [1.54, 1.807) is 20.8 Å². The first-order chi connectivity index (χ1) is 12.9. The van der Waals surface area contributed by atoms with Crippen LogP contribution in [0.5, 0.6) is 5.75 Å². The van der Waals surface area contributed by atoms with Gasteiger partial charge in [-0.1, -0.05) is 0 Å². The van der Waals surface area contributed by atoms with E-state index in [0.717, 1.165) is 12.1 Å². The number of amides is 3. The van der Waals surface area contributed by atoms with Crippen LogP contribution in [0.1, 0.15) is 33.6 Å². The van der Waals surface area contributed by atoms with Crippen LogP contribution in [-0.2, 0) is 4.74 Å². The lowest BCUT2D eigenvalue weighted by atomic mass is 10.1. The highest BCUT2D eigenvalue weighted by Gasteiger charge is 2.31. The van der Waals surface area contributed by atoms with Gasteiger partial charge in [0.15, 0.2) is 0 Å². The number of carbonyl (C=O) groups excluding carboxylic acids is 2. The molecule has 0 aliphatic carbocycles. The van der Waals surface area contributed by atoms with Crippen LogP contribution in [0.25, 0.3) is 0 Å². The Morgan fingerprint density at radius 1 is 1.14 bits per heavy atom. The molecule has 1 atom stereocenters. The van der Waals surface area contributed by atoms with Gasteiger partial charge >= 0.3 is 18.5 Å². The van der Waals surface area contributed by atoms with Crippen molar-refractivity contribution in [1.82, 2.24) is 10.2 Å². The zero-order valence-corrected chi connectivity index (χ0v) is 15.9. The molecule has 1 aromatic rings. The maximum Gasteiger partial charge on any atom is 0.573 e. The molecule has 0 spiro atoms. The van der Waals surface area contributed by atoms with Gasteiger partial charge in [0.05, 0.1) is 0 Å². The predicted molar refractivity (Wildman–Crippen MR) is 96.1 cm³/mol. The lowest BCUT2D eigenvalue weighted by Gasteiger charge is -2.33. The summed E-state index contributed by atoms with van der Waals surface area (Å²) in [5.74, 6) is -0.370. The van der Waals surface area contributed by atoms with Crippen LogP contribution < -0.4 is 15.4 Å². The highest BCUT2D eigenvalue weighted by atomic mass is 19.4. The van der Waals surface area contributed by atoms with Crippen LogP contribution in [0.2, 0.25) is 0 Å². The summed E-state index contributed by atoms with van der Waals surface area (Å²) in [4.78, 5) is 25.8. The molecule has 0 aromatic heterocycles. The van der Waals surface area contributed by atoms with E-state index in [9.17, 15) is 22.8 Å². The number of hydrogen-bond acceptors (Lipinski definition) is 4. The molecule has 7 nitrogen and oxygen atoms in total. The lowest BCUT2D eigenvalue weighted by Crippen LogP contribution is -2.51. The second kappa shape index (κ2) is 8.57. The van der Waals surface area contributed by atoms with Crippen molar-refractivity contribution in [3.05, 3.63) is 24.3 Å². The summed E-state index contributed by atoms with van der Waals surface area (Å²) in [5.41, 5.74) is -0.278. The molecule has 1 heterocycles. The number of piperidine rings is 1. The second-order valence-electron chi connectivity index (χ2n) is 7.43. The molecular weight excluding hydrogens is 379 g/mol. The Morgan fingerprint density at radius 2 is 1.79 bits per heavy atom. The molecule has 28 heavy (non-hydrogen) atoms. The Morgan fingerprint density at radius 3 is 2.36 bits per heavy atom. The van der Waals surface area contributed by atoms with Crippen molar-refractivity contribution < 1.29 is 32.2 Å². The van der Waals surface area contributed by atoms with Gasteiger partial charge in [0, 0.05) is 24.8 Å². The highest BCUT2D eigenvalue weighted by molar-refractivity contribution is 5.89. The topological polar surface area (TPSA) is 79.9 Å². The zero-order valence-electron chi connectivity index (χ0n) is 15.9. The van der Waals surface area contributed by atoms with Crippen molar-refractivity contribution in [3.8, 4) is 5.75 Å². The largest absolute Gasteiger partial charge is 0.573 e. The second-order valence-corrected chi connectivity index (χ2v) is 7.43. The van der Waals surface area contributed by atoms with E-state index in [2.05, 4.69) is 15.4 Å². The Balaban J connectivity index is 1.87. The van der Waals surface area contributed by atoms with Gasteiger partial charge in [-0.2, -0.15) is 0 Å². The van der Waals surface area contributed by atoms with Gasteiger partial charge in [0.1, 0.15) is 11.4 Å². The minimum atomic E-state index is -4.77. The van der Waals surface area contributed by atoms with Crippen LogP contribution >= 0.6 is 0 Å². The van der Waals surface area contributed by atoms with Crippen LogP contribution in [0.15, 0.2) is 24.3 Å². The summed E-state index contributed by atoms with van der Waals surface area (Å²) in [6.07, 6.45) is -3.90. The monoisotopic (exact) mass is 403 g/mol. The Bertz CT molecular complexity index is 687.